The molecule has 5 nitrogen and oxygen atoms in total. The van der Waals surface area contributed by atoms with Crippen LogP contribution in [0.5, 0.6) is 0 Å². The van der Waals surface area contributed by atoms with Crippen molar-refractivity contribution in [2.24, 2.45) is 0 Å². The van der Waals surface area contributed by atoms with Gasteiger partial charge < -0.3 is 9.64 Å². The van der Waals surface area contributed by atoms with Crippen LogP contribution in [0.4, 0.5) is 4.79 Å². The van der Waals surface area contributed by atoms with Crippen molar-refractivity contribution in [3.63, 3.8) is 0 Å². The van der Waals surface area contributed by atoms with E-state index in [9.17, 15) is 9.59 Å². The molecule has 110 valence electrons. The van der Waals surface area contributed by atoms with Crippen molar-refractivity contribution in [3.8, 4) is 0 Å². The quantitative estimate of drug-likeness (QED) is 0.827. The van der Waals surface area contributed by atoms with Gasteiger partial charge in [-0.1, -0.05) is 31.2 Å². The average Bonchev–Trinajstić information content (AvgIpc) is 2.46. The van der Waals surface area contributed by atoms with Gasteiger partial charge in [-0.2, -0.15) is 0 Å². The molecule has 0 aliphatic heterocycles. The fourth-order valence-corrected chi connectivity index (χ4v) is 1.85. The Hall–Kier alpha value is -1.88. The molecule has 0 fully saturated rings. The molecule has 2 N–H and O–H groups in total. The van der Waals surface area contributed by atoms with Gasteiger partial charge in [-0.05, 0) is 18.9 Å². The molecule has 1 unspecified atom stereocenters. The van der Waals surface area contributed by atoms with Gasteiger partial charge in [0.25, 0.3) is 5.91 Å². The summed E-state index contributed by atoms with van der Waals surface area (Å²) >= 11 is 0. The number of hydrogen-bond donors (Lipinski definition) is 2. The highest BCUT2D eigenvalue weighted by molar-refractivity contribution is 5.93. The number of ether oxygens (including phenoxy) is 1. The zero-order valence-electron chi connectivity index (χ0n) is 12.5. The minimum Gasteiger partial charge on any atom is -0.453 e. The smallest absolute Gasteiger partial charge is 0.413 e. The lowest BCUT2D eigenvalue weighted by Crippen LogP contribution is -3.12. The third kappa shape index (κ3) is 4.66. The van der Waals surface area contributed by atoms with E-state index in [4.69, 9.17) is 0 Å². The average molecular weight is 279 g/mol. The first kappa shape index (κ1) is 16.2. The zero-order chi connectivity index (χ0) is 15.1. The molecule has 0 saturated carbocycles. The molecule has 1 rings (SSSR count). The van der Waals surface area contributed by atoms with Crippen LogP contribution >= 0.6 is 0 Å². The molecular weight excluding hydrogens is 256 g/mol. The number of imide groups is 1. The number of quaternary nitrogens is 1. The lowest BCUT2D eigenvalue weighted by atomic mass is 10.1. The van der Waals surface area contributed by atoms with Crippen molar-refractivity contribution < 1.29 is 19.2 Å². The molecule has 1 aromatic rings. The topological polar surface area (TPSA) is 59.8 Å². The second kappa shape index (κ2) is 7.65. The van der Waals surface area contributed by atoms with Crippen LogP contribution < -0.4 is 10.2 Å². The standard InChI is InChI=1S/C15H22N2O3/c1-5-12-6-8-13(9-7-12)10-17(3)11(2)14(18)16-15(19)20-4/h6-9,11H,5,10H2,1-4H3,(H,16,18,19)/p+1/t11-/m1/s1. The summed E-state index contributed by atoms with van der Waals surface area (Å²) in [7, 11) is 3.16. The van der Waals surface area contributed by atoms with Crippen LogP contribution in [0.25, 0.3) is 0 Å². The first-order valence-electron chi connectivity index (χ1n) is 6.76. The van der Waals surface area contributed by atoms with Gasteiger partial charge in [0.05, 0.1) is 14.2 Å². The number of likely N-dealkylation sites (N-methyl/N-ethyl adjacent to an activating group) is 1. The molecule has 0 aliphatic rings. The molecular formula is C15H23N2O3+. The maximum Gasteiger partial charge on any atom is 0.413 e. The second-order valence-corrected chi connectivity index (χ2v) is 4.90. The first-order chi connectivity index (χ1) is 9.47. The Morgan fingerprint density at radius 3 is 2.30 bits per heavy atom. The molecule has 0 bridgehead atoms. The van der Waals surface area contributed by atoms with Crippen molar-refractivity contribution in [2.45, 2.75) is 32.9 Å². The summed E-state index contributed by atoms with van der Waals surface area (Å²) in [5.41, 5.74) is 2.46. The van der Waals surface area contributed by atoms with E-state index in [1.165, 1.54) is 12.7 Å². The van der Waals surface area contributed by atoms with E-state index in [0.29, 0.717) is 0 Å². The minimum absolute atomic E-state index is 0.333. The molecule has 20 heavy (non-hydrogen) atoms. The zero-order valence-corrected chi connectivity index (χ0v) is 12.5. The van der Waals surface area contributed by atoms with E-state index in [1.54, 1.807) is 6.92 Å². The van der Waals surface area contributed by atoms with Gasteiger partial charge >= 0.3 is 6.09 Å². The lowest BCUT2D eigenvalue weighted by Gasteiger charge is -2.20. The van der Waals surface area contributed by atoms with Crippen molar-refractivity contribution in [3.05, 3.63) is 35.4 Å². The van der Waals surface area contributed by atoms with Crippen molar-refractivity contribution in [1.29, 1.82) is 0 Å². The summed E-state index contributed by atoms with van der Waals surface area (Å²) in [6.07, 6.45) is 0.294. The van der Waals surface area contributed by atoms with E-state index in [1.807, 2.05) is 7.05 Å². The van der Waals surface area contributed by atoms with E-state index < -0.39 is 6.09 Å². The van der Waals surface area contributed by atoms with Gasteiger partial charge in [0.1, 0.15) is 6.54 Å². The predicted molar refractivity (Wildman–Crippen MR) is 76.4 cm³/mol. The highest BCUT2D eigenvalue weighted by atomic mass is 16.5. The Labute approximate surface area is 119 Å². The summed E-state index contributed by atoms with van der Waals surface area (Å²) in [6.45, 7) is 4.62. The summed E-state index contributed by atoms with van der Waals surface area (Å²) in [6, 6.07) is 8.02. The Morgan fingerprint density at radius 1 is 1.25 bits per heavy atom. The lowest BCUT2D eigenvalue weighted by molar-refractivity contribution is -0.908. The number of nitrogens with one attached hydrogen (secondary N) is 2. The molecule has 5 heteroatoms. The minimum atomic E-state index is -0.720. The summed E-state index contributed by atoms with van der Waals surface area (Å²) < 4.78 is 4.41. The highest BCUT2D eigenvalue weighted by Gasteiger charge is 2.23. The maximum absolute atomic E-state index is 11.8. The summed E-state index contributed by atoms with van der Waals surface area (Å²) in [5.74, 6) is -0.334. The Kier molecular flexibility index (Phi) is 6.18. The Bertz CT molecular complexity index is 457. The molecule has 1 aromatic carbocycles. The fraction of sp³-hybridized carbons (Fsp3) is 0.467. The number of alkyl carbamates (subject to hydrolysis) is 1. The second-order valence-electron chi connectivity index (χ2n) is 4.90. The SMILES string of the molecule is CCc1ccc(C[NH+](C)[C@H](C)C(=O)NC(=O)OC)cc1. The van der Waals surface area contributed by atoms with Crippen LogP contribution in [0.2, 0.25) is 0 Å². The summed E-state index contributed by atoms with van der Waals surface area (Å²) in [5, 5.41) is 2.19. The van der Waals surface area contributed by atoms with Crippen LogP contribution in [0.15, 0.2) is 24.3 Å². The molecule has 0 aliphatic carbocycles. The normalized spacial score (nSPS) is 13.4. The van der Waals surface area contributed by atoms with Gasteiger partial charge in [0.15, 0.2) is 6.04 Å². The number of benzene rings is 1. The third-order valence-corrected chi connectivity index (χ3v) is 3.46. The van der Waals surface area contributed by atoms with E-state index in [0.717, 1.165) is 23.4 Å². The largest absolute Gasteiger partial charge is 0.453 e. The maximum atomic E-state index is 11.8. The van der Waals surface area contributed by atoms with Gasteiger partial charge in [-0.15, -0.1) is 0 Å². The van der Waals surface area contributed by atoms with E-state index in [-0.39, 0.29) is 11.9 Å². The highest BCUT2D eigenvalue weighted by Crippen LogP contribution is 2.03. The van der Waals surface area contributed by atoms with Crippen molar-refractivity contribution >= 4 is 12.0 Å². The van der Waals surface area contributed by atoms with Gasteiger partial charge in [0, 0.05) is 5.56 Å². The molecule has 0 saturated heterocycles. The predicted octanol–water partition coefficient (Wildman–Crippen LogP) is 0.535. The van der Waals surface area contributed by atoms with Crippen LogP contribution in [-0.4, -0.2) is 32.2 Å². The number of methoxy groups -OCH3 is 1. The van der Waals surface area contributed by atoms with Crippen LogP contribution in [0, 0.1) is 0 Å². The molecule has 2 atom stereocenters. The van der Waals surface area contributed by atoms with E-state index in [2.05, 4.69) is 41.2 Å². The Balaban J connectivity index is 2.57. The third-order valence-electron chi connectivity index (χ3n) is 3.46. The fourth-order valence-electron chi connectivity index (χ4n) is 1.85. The van der Waals surface area contributed by atoms with Crippen LogP contribution in [0.3, 0.4) is 0 Å². The molecule has 0 spiro atoms. The molecule has 2 amide bonds. The number of carbonyl (C=O) groups is 2. The van der Waals surface area contributed by atoms with Crippen molar-refractivity contribution in [2.75, 3.05) is 14.2 Å². The first-order valence-corrected chi connectivity index (χ1v) is 6.76. The number of aryl methyl sites for hydroxylation is 1. The van der Waals surface area contributed by atoms with E-state index >= 15 is 0 Å². The molecule has 0 radical (unpaired) electrons. The van der Waals surface area contributed by atoms with Crippen LogP contribution in [-0.2, 0) is 22.5 Å². The Morgan fingerprint density at radius 2 is 1.80 bits per heavy atom. The van der Waals surface area contributed by atoms with Gasteiger partial charge in [0.2, 0.25) is 0 Å². The number of carbonyl (C=O) groups excluding carboxylic acids is 2. The van der Waals surface area contributed by atoms with Crippen molar-refractivity contribution in [1.82, 2.24) is 5.32 Å². The van der Waals surface area contributed by atoms with Gasteiger partial charge in [-0.3, -0.25) is 10.1 Å². The number of amides is 2. The molecule has 0 heterocycles. The number of hydrogen-bond acceptors (Lipinski definition) is 3. The monoisotopic (exact) mass is 279 g/mol. The summed E-state index contributed by atoms with van der Waals surface area (Å²) in [4.78, 5) is 23.8. The number of rotatable bonds is 5. The molecule has 0 aromatic heterocycles. The van der Waals surface area contributed by atoms with Crippen LogP contribution in [0.1, 0.15) is 25.0 Å². The van der Waals surface area contributed by atoms with Gasteiger partial charge in [-0.25, -0.2) is 4.79 Å².